The molecule has 0 aliphatic rings. The van der Waals surface area contributed by atoms with Gasteiger partial charge in [-0.15, -0.1) is 0 Å². The molecule has 0 spiro atoms. The highest BCUT2D eigenvalue weighted by atomic mass is 16.5. The van der Waals surface area contributed by atoms with Crippen LogP contribution in [0, 0.1) is 0 Å². The fourth-order valence-electron chi connectivity index (χ4n) is 2.28. The molecule has 5 heteroatoms. The molecule has 0 fully saturated rings. The van der Waals surface area contributed by atoms with Crippen LogP contribution >= 0.6 is 0 Å². The lowest BCUT2D eigenvalue weighted by molar-refractivity contribution is 0.102. The molecule has 0 radical (unpaired) electrons. The van der Waals surface area contributed by atoms with E-state index in [2.05, 4.69) is 10.3 Å². The summed E-state index contributed by atoms with van der Waals surface area (Å²) in [6, 6.07) is 14.7. The number of aromatic nitrogens is 1. The minimum Gasteiger partial charge on any atom is -0.497 e. The van der Waals surface area contributed by atoms with Crippen LogP contribution in [0.3, 0.4) is 0 Å². The third-order valence-electron chi connectivity index (χ3n) is 3.46. The van der Waals surface area contributed by atoms with Crippen molar-refractivity contribution < 1.29 is 14.3 Å². The van der Waals surface area contributed by atoms with Gasteiger partial charge < -0.3 is 14.8 Å². The molecule has 116 valence electrons. The molecule has 0 bridgehead atoms. The van der Waals surface area contributed by atoms with Gasteiger partial charge in [0.1, 0.15) is 11.5 Å². The number of anilines is 1. The predicted molar refractivity (Wildman–Crippen MR) is 89.2 cm³/mol. The number of pyridine rings is 1. The Balaban J connectivity index is 1.88. The highest BCUT2D eigenvalue weighted by Gasteiger charge is 2.10. The first-order chi connectivity index (χ1) is 11.2. The largest absolute Gasteiger partial charge is 0.497 e. The number of methoxy groups -OCH3 is 2. The highest BCUT2D eigenvalue weighted by molar-refractivity contribution is 6.05. The molecule has 0 saturated heterocycles. The van der Waals surface area contributed by atoms with Crippen molar-refractivity contribution in [1.82, 2.24) is 4.98 Å². The van der Waals surface area contributed by atoms with E-state index in [1.165, 1.54) is 0 Å². The topological polar surface area (TPSA) is 60.5 Å². The SMILES string of the molecule is COc1cc(OC)cc(C(=O)Nc2cnc3ccccc3c2)c1. The molecule has 1 heterocycles. The third-order valence-corrected chi connectivity index (χ3v) is 3.46. The van der Waals surface area contributed by atoms with Crippen molar-refractivity contribution in [1.29, 1.82) is 0 Å². The van der Waals surface area contributed by atoms with Crippen LogP contribution in [0.5, 0.6) is 11.5 Å². The molecule has 23 heavy (non-hydrogen) atoms. The number of nitrogens with zero attached hydrogens (tertiary/aromatic N) is 1. The summed E-state index contributed by atoms with van der Waals surface area (Å²) in [5.41, 5.74) is 1.97. The van der Waals surface area contributed by atoms with Crippen LogP contribution < -0.4 is 14.8 Å². The van der Waals surface area contributed by atoms with Crippen molar-refractivity contribution >= 4 is 22.5 Å². The van der Waals surface area contributed by atoms with Crippen LogP contribution in [-0.4, -0.2) is 25.1 Å². The van der Waals surface area contributed by atoms with Gasteiger partial charge in [-0.3, -0.25) is 9.78 Å². The molecule has 0 unspecified atom stereocenters. The Morgan fingerprint density at radius 1 is 1.00 bits per heavy atom. The van der Waals surface area contributed by atoms with Gasteiger partial charge in [-0.05, 0) is 24.3 Å². The van der Waals surface area contributed by atoms with Crippen LogP contribution in [0.1, 0.15) is 10.4 Å². The molecule has 2 aromatic carbocycles. The maximum absolute atomic E-state index is 12.4. The van der Waals surface area contributed by atoms with Gasteiger partial charge in [0.15, 0.2) is 0 Å². The lowest BCUT2D eigenvalue weighted by Gasteiger charge is -2.09. The van der Waals surface area contributed by atoms with Gasteiger partial charge in [0.25, 0.3) is 5.91 Å². The summed E-state index contributed by atoms with van der Waals surface area (Å²) >= 11 is 0. The summed E-state index contributed by atoms with van der Waals surface area (Å²) < 4.78 is 10.4. The van der Waals surface area contributed by atoms with E-state index in [0.717, 1.165) is 10.9 Å². The summed E-state index contributed by atoms with van der Waals surface area (Å²) in [4.78, 5) is 16.8. The van der Waals surface area contributed by atoms with Crippen LogP contribution in [0.25, 0.3) is 10.9 Å². The number of para-hydroxylation sites is 1. The van der Waals surface area contributed by atoms with Crippen molar-refractivity contribution in [2.24, 2.45) is 0 Å². The second kappa shape index (κ2) is 6.36. The van der Waals surface area contributed by atoms with Crippen LogP contribution in [0.2, 0.25) is 0 Å². The summed E-state index contributed by atoms with van der Waals surface area (Å²) in [6.07, 6.45) is 1.64. The van der Waals surface area contributed by atoms with Crippen LogP contribution in [0.15, 0.2) is 54.7 Å². The summed E-state index contributed by atoms with van der Waals surface area (Å²) in [6.45, 7) is 0. The zero-order chi connectivity index (χ0) is 16.2. The van der Waals surface area contributed by atoms with Gasteiger partial charge in [0.05, 0.1) is 31.6 Å². The molecule has 1 amide bonds. The average Bonchev–Trinajstić information content (AvgIpc) is 2.61. The van der Waals surface area contributed by atoms with Crippen molar-refractivity contribution in [2.75, 3.05) is 19.5 Å². The number of hydrogen-bond donors (Lipinski definition) is 1. The van der Waals surface area contributed by atoms with E-state index >= 15 is 0 Å². The van der Waals surface area contributed by atoms with Gasteiger partial charge in [-0.2, -0.15) is 0 Å². The minimum absolute atomic E-state index is 0.251. The standard InChI is InChI=1S/C18H16N2O3/c1-22-15-8-13(9-16(10-15)23-2)18(21)20-14-7-12-5-3-4-6-17(12)19-11-14/h3-11H,1-2H3,(H,20,21). The van der Waals surface area contributed by atoms with Crippen molar-refractivity contribution in [3.63, 3.8) is 0 Å². The maximum Gasteiger partial charge on any atom is 0.255 e. The Labute approximate surface area is 133 Å². The molecule has 0 saturated carbocycles. The number of carbonyl (C=O) groups is 1. The van der Waals surface area contributed by atoms with Crippen LogP contribution in [-0.2, 0) is 0 Å². The van der Waals surface area contributed by atoms with Gasteiger partial charge in [0.2, 0.25) is 0 Å². The molecule has 0 atom stereocenters. The molecular formula is C18H16N2O3. The van der Waals surface area contributed by atoms with E-state index in [0.29, 0.717) is 22.7 Å². The number of benzene rings is 2. The molecule has 1 N–H and O–H groups in total. The van der Waals surface area contributed by atoms with Gasteiger partial charge >= 0.3 is 0 Å². The first-order valence-electron chi connectivity index (χ1n) is 7.09. The maximum atomic E-state index is 12.4. The number of nitrogens with one attached hydrogen (secondary N) is 1. The fraction of sp³-hybridized carbons (Fsp3) is 0.111. The van der Waals surface area contributed by atoms with Crippen molar-refractivity contribution in [3.8, 4) is 11.5 Å². The monoisotopic (exact) mass is 308 g/mol. The van der Waals surface area contributed by atoms with Gasteiger partial charge in [0, 0.05) is 17.0 Å². The number of hydrogen-bond acceptors (Lipinski definition) is 4. The summed E-state index contributed by atoms with van der Waals surface area (Å²) in [5.74, 6) is 0.872. The van der Waals surface area contributed by atoms with E-state index in [1.54, 1.807) is 38.6 Å². The molecule has 0 aliphatic carbocycles. The van der Waals surface area contributed by atoms with E-state index in [4.69, 9.17) is 9.47 Å². The normalized spacial score (nSPS) is 10.3. The third kappa shape index (κ3) is 3.23. The average molecular weight is 308 g/mol. The highest BCUT2D eigenvalue weighted by Crippen LogP contribution is 2.23. The van der Waals surface area contributed by atoms with Crippen LogP contribution in [0.4, 0.5) is 5.69 Å². The molecule has 5 nitrogen and oxygen atoms in total. The van der Waals surface area contributed by atoms with E-state index in [-0.39, 0.29) is 5.91 Å². The van der Waals surface area contributed by atoms with Gasteiger partial charge in [-0.25, -0.2) is 0 Å². The number of carbonyl (C=O) groups excluding carboxylic acids is 1. The second-order valence-corrected chi connectivity index (χ2v) is 4.97. The Bertz CT molecular complexity index is 840. The lowest BCUT2D eigenvalue weighted by Crippen LogP contribution is -2.12. The Morgan fingerprint density at radius 2 is 1.70 bits per heavy atom. The molecule has 1 aromatic heterocycles. The molecule has 0 aliphatic heterocycles. The number of fused-ring (bicyclic) bond motifs is 1. The number of rotatable bonds is 4. The quantitative estimate of drug-likeness (QED) is 0.801. The molecular weight excluding hydrogens is 292 g/mol. The zero-order valence-corrected chi connectivity index (χ0v) is 12.9. The molecule has 3 aromatic rings. The van der Waals surface area contributed by atoms with Crippen molar-refractivity contribution in [3.05, 3.63) is 60.3 Å². The van der Waals surface area contributed by atoms with E-state index in [9.17, 15) is 4.79 Å². The Hall–Kier alpha value is -3.08. The van der Waals surface area contributed by atoms with Crippen molar-refractivity contribution in [2.45, 2.75) is 0 Å². The summed E-state index contributed by atoms with van der Waals surface area (Å²) in [7, 11) is 3.09. The second-order valence-electron chi connectivity index (χ2n) is 4.97. The first kappa shape index (κ1) is 14.8. The van der Waals surface area contributed by atoms with Gasteiger partial charge in [-0.1, -0.05) is 18.2 Å². The Kier molecular flexibility index (Phi) is 4.10. The minimum atomic E-state index is -0.251. The molecule has 3 rings (SSSR count). The summed E-state index contributed by atoms with van der Waals surface area (Å²) in [5, 5.41) is 3.81. The van der Waals surface area contributed by atoms with E-state index < -0.39 is 0 Å². The first-order valence-corrected chi connectivity index (χ1v) is 7.09. The number of ether oxygens (including phenoxy) is 2. The zero-order valence-electron chi connectivity index (χ0n) is 12.9. The number of amides is 1. The van der Waals surface area contributed by atoms with E-state index in [1.807, 2.05) is 30.3 Å². The predicted octanol–water partition coefficient (Wildman–Crippen LogP) is 3.50. The Morgan fingerprint density at radius 3 is 2.39 bits per heavy atom. The smallest absolute Gasteiger partial charge is 0.255 e. The fourth-order valence-corrected chi connectivity index (χ4v) is 2.28. The lowest BCUT2D eigenvalue weighted by atomic mass is 10.1.